The highest BCUT2D eigenvalue weighted by Gasteiger charge is 2.12. The van der Waals surface area contributed by atoms with E-state index in [-0.39, 0.29) is 5.91 Å². The third-order valence-electron chi connectivity index (χ3n) is 3.91. The molecule has 6 heteroatoms. The predicted octanol–water partition coefficient (Wildman–Crippen LogP) is 5.29. The van der Waals surface area contributed by atoms with E-state index in [0.717, 1.165) is 5.56 Å². The van der Waals surface area contributed by atoms with E-state index < -0.39 is 11.7 Å². The fourth-order valence-corrected chi connectivity index (χ4v) is 2.76. The van der Waals surface area contributed by atoms with Gasteiger partial charge in [0, 0.05) is 27.5 Å². The van der Waals surface area contributed by atoms with E-state index in [2.05, 4.69) is 10.6 Å². The van der Waals surface area contributed by atoms with Gasteiger partial charge in [-0.05, 0) is 67.1 Å². The molecule has 0 bridgehead atoms. The molecule has 0 heterocycles. The lowest BCUT2D eigenvalue weighted by atomic mass is 10.1. The van der Waals surface area contributed by atoms with Crippen LogP contribution in [0.3, 0.4) is 0 Å². The fraction of sp³-hybridized carbons (Fsp3) is 0.0476. The quantitative estimate of drug-likeness (QED) is 0.644. The van der Waals surface area contributed by atoms with E-state index in [4.69, 9.17) is 11.6 Å². The highest BCUT2D eigenvalue weighted by atomic mass is 35.5. The number of hydrogen-bond acceptors (Lipinski definition) is 2. The van der Waals surface area contributed by atoms with E-state index in [1.807, 2.05) is 6.92 Å². The summed E-state index contributed by atoms with van der Waals surface area (Å²) in [4.78, 5) is 24.9. The van der Waals surface area contributed by atoms with Gasteiger partial charge in [0.15, 0.2) is 0 Å². The van der Waals surface area contributed by atoms with Crippen molar-refractivity contribution in [3.63, 3.8) is 0 Å². The zero-order chi connectivity index (χ0) is 19.4. The van der Waals surface area contributed by atoms with E-state index >= 15 is 0 Å². The Morgan fingerprint density at radius 2 is 1.52 bits per heavy atom. The second-order valence-corrected chi connectivity index (χ2v) is 6.40. The molecule has 2 N–H and O–H groups in total. The summed E-state index contributed by atoms with van der Waals surface area (Å²) in [7, 11) is 0. The molecule has 3 rings (SSSR count). The SMILES string of the molecule is Cc1cc(Cl)ccc1NC(=O)c1cccc(C(=O)Nc2cccc(F)c2)c1. The largest absolute Gasteiger partial charge is 0.322 e. The van der Waals surface area contributed by atoms with Gasteiger partial charge < -0.3 is 10.6 Å². The number of aryl methyl sites for hydroxylation is 1. The van der Waals surface area contributed by atoms with Crippen LogP contribution in [-0.2, 0) is 0 Å². The maximum atomic E-state index is 13.2. The van der Waals surface area contributed by atoms with E-state index in [1.165, 1.54) is 24.3 Å². The third-order valence-corrected chi connectivity index (χ3v) is 4.14. The zero-order valence-electron chi connectivity index (χ0n) is 14.4. The van der Waals surface area contributed by atoms with Crippen LogP contribution < -0.4 is 10.6 Å². The highest BCUT2D eigenvalue weighted by Crippen LogP contribution is 2.20. The van der Waals surface area contributed by atoms with E-state index in [9.17, 15) is 14.0 Å². The van der Waals surface area contributed by atoms with Crippen molar-refractivity contribution in [2.45, 2.75) is 6.92 Å². The van der Waals surface area contributed by atoms with Gasteiger partial charge in [0.2, 0.25) is 0 Å². The van der Waals surface area contributed by atoms with Crippen molar-refractivity contribution in [3.8, 4) is 0 Å². The minimum atomic E-state index is -0.445. The van der Waals surface area contributed by atoms with E-state index in [1.54, 1.807) is 42.5 Å². The van der Waals surface area contributed by atoms with Crippen LogP contribution in [0.25, 0.3) is 0 Å². The average Bonchev–Trinajstić information content (AvgIpc) is 2.64. The molecule has 0 aliphatic rings. The summed E-state index contributed by atoms with van der Waals surface area (Å²) in [5.41, 5.74) is 2.43. The molecule has 4 nitrogen and oxygen atoms in total. The van der Waals surface area contributed by atoms with Crippen molar-refractivity contribution >= 4 is 34.8 Å². The molecule has 3 aromatic rings. The molecular formula is C21H16ClFN2O2. The summed E-state index contributed by atoms with van der Waals surface area (Å²) in [6.07, 6.45) is 0. The van der Waals surface area contributed by atoms with Crippen LogP contribution in [0.4, 0.5) is 15.8 Å². The first-order valence-electron chi connectivity index (χ1n) is 8.17. The topological polar surface area (TPSA) is 58.2 Å². The Morgan fingerprint density at radius 3 is 2.19 bits per heavy atom. The van der Waals surface area contributed by atoms with Crippen LogP contribution in [0.1, 0.15) is 26.3 Å². The molecule has 0 fully saturated rings. The van der Waals surface area contributed by atoms with Crippen molar-refractivity contribution in [2.75, 3.05) is 10.6 Å². The third kappa shape index (κ3) is 4.71. The summed E-state index contributed by atoms with van der Waals surface area (Å²) in [5.74, 6) is -1.22. The molecule has 0 aliphatic heterocycles. The summed E-state index contributed by atoms with van der Waals surface area (Å²) >= 11 is 5.92. The monoisotopic (exact) mass is 382 g/mol. The molecule has 0 unspecified atom stereocenters. The van der Waals surface area contributed by atoms with Crippen LogP contribution in [-0.4, -0.2) is 11.8 Å². The Kier molecular flexibility index (Phi) is 5.52. The maximum absolute atomic E-state index is 13.2. The molecule has 0 radical (unpaired) electrons. The Labute approximate surface area is 161 Å². The van der Waals surface area contributed by atoms with Crippen molar-refractivity contribution in [3.05, 3.63) is 94.3 Å². The number of carbonyl (C=O) groups is 2. The van der Waals surface area contributed by atoms with Crippen LogP contribution >= 0.6 is 11.6 Å². The van der Waals surface area contributed by atoms with Gasteiger partial charge in [0.1, 0.15) is 5.82 Å². The van der Waals surface area contributed by atoms with Crippen molar-refractivity contribution in [1.29, 1.82) is 0 Å². The van der Waals surface area contributed by atoms with Gasteiger partial charge in [-0.3, -0.25) is 9.59 Å². The lowest BCUT2D eigenvalue weighted by Crippen LogP contribution is -2.16. The number of halogens is 2. The normalized spacial score (nSPS) is 10.3. The van der Waals surface area contributed by atoms with Gasteiger partial charge in [0.05, 0.1) is 0 Å². The molecule has 136 valence electrons. The van der Waals surface area contributed by atoms with Gasteiger partial charge in [-0.2, -0.15) is 0 Å². The van der Waals surface area contributed by atoms with Gasteiger partial charge >= 0.3 is 0 Å². The first-order chi connectivity index (χ1) is 12.9. The smallest absolute Gasteiger partial charge is 0.255 e. The number of nitrogens with one attached hydrogen (secondary N) is 2. The molecule has 0 spiro atoms. The summed E-state index contributed by atoms with van der Waals surface area (Å²) in [6.45, 7) is 1.84. The second kappa shape index (κ2) is 8.01. The van der Waals surface area contributed by atoms with Crippen LogP contribution in [0.15, 0.2) is 66.7 Å². The van der Waals surface area contributed by atoms with Crippen LogP contribution in [0.2, 0.25) is 5.02 Å². The number of anilines is 2. The molecule has 2 amide bonds. The number of amides is 2. The molecule has 0 saturated heterocycles. The van der Waals surface area contributed by atoms with Gasteiger partial charge in [0.25, 0.3) is 11.8 Å². The molecule has 0 saturated carbocycles. The van der Waals surface area contributed by atoms with Crippen molar-refractivity contribution in [1.82, 2.24) is 0 Å². The Hall–Kier alpha value is -3.18. The molecule has 0 aliphatic carbocycles. The summed E-state index contributed by atoms with van der Waals surface area (Å²) < 4.78 is 13.2. The lowest BCUT2D eigenvalue weighted by Gasteiger charge is -2.10. The Morgan fingerprint density at radius 1 is 0.852 bits per heavy atom. The zero-order valence-corrected chi connectivity index (χ0v) is 15.2. The number of benzene rings is 3. The predicted molar refractivity (Wildman–Crippen MR) is 105 cm³/mol. The highest BCUT2D eigenvalue weighted by molar-refractivity contribution is 6.30. The molecule has 0 aromatic heterocycles. The number of hydrogen-bond donors (Lipinski definition) is 2. The van der Waals surface area contributed by atoms with Crippen molar-refractivity contribution in [2.24, 2.45) is 0 Å². The fourth-order valence-electron chi connectivity index (χ4n) is 2.53. The standard InChI is InChI=1S/C21H16ClFN2O2/c1-13-10-16(22)8-9-19(13)25-21(27)15-5-2-4-14(11-15)20(26)24-18-7-3-6-17(23)12-18/h2-12H,1H3,(H,24,26)(H,25,27). The lowest BCUT2D eigenvalue weighted by molar-refractivity contribution is 0.102. The Balaban J connectivity index is 1.76. The average molecular weight is 383 g/mol. The minimum Gasteiger partial charge on any atom is -0.322 e. The molecule has 27 heavy (non-hydrogen) atoms. The Bertz CT molecular complexity index is 1020. The molecule has 0 atom stereocenters. The second-order valence-electron chi connectivity index (χ2n) is 5.96. The van der Waals surface area contributed by atoms with Crippen LogP contribution in [0, 0.1) is 12.7 Å². The van der Waals surface area contributed by atoms with Gasteiger partial charge in [-0.1, -0.05) is 23.7 Å². The summed E-state index contributed by atoms with van der Waals surface area (Å²) in [5, 5.41) is 5.99. The van der Waals surface area contributed by atoms with Crippen molar-refractivity contribution < 1.29 is 14.0 Å². The maximum Gasteiger partial charge on any atom is 0.255 e. The van der Waals surface area contributed by atoms with Crippen LogP contribution in [0.5, 0.6) is 0 Å². The minimum absolute atomic E-state index is 0.291. The van der Waals surface area contributed by atoms with Gasteiger partial charge in [-0.15, -0.1) is 0 Å². The number of rotatable bonds is 4. The number of carbonyl (C=O) groups excluding carboxylic acids is 2. The summed E-state index contributed by atoms with van der Waals surface area (Å²) in [6, 6.07) is 17.0. The van der Waals surface area contributed by atoms with E-state index in [0.29, 0.717) is 27.5 Å². The molecular weight excluding hydrogens is 367 g/mol. The molecule has 3 aromatic carbocycles. The van der Waals surface area contributed by atoms with Gasteiger partial charge in [-0.25, -0.2) is 4.39 Å². The first kappa shape index (κ1) is 18.6. The first-order valence-corrected chi connectivity index (χ1v) is 8.54.